The number of nitrogens with one attached hydrogen (secondary N) is 1. The molecule has 8 nitrogen and oxygen atoms in total. The number of hydrogen-bond donors (Lipinski definition) is 2. The minimum absolute atomic E-state index is 0.207. The molecule has 0 aliphatic heterocycles. The third-order valence-electron chi connectivity index (χ3n) is 4.37. The van der Waals surface area contributed by atoms with Crippen LogP contribution in [-0.2, 0) is 21.6 Å². The maximum Gasteiger partial charge on any atom is 0.410 e. The van der Waals surface area contributed by atoms with Gasteiger partial charge in [-0.05, 0) is 30.0 Å². The summed E-state index contributed by atoms with van der Waals surface area (Å²) in [6.07, 6.45) is 6.01. The van der Waals surface area contributed by atoms with Gasteiger partial charge in [-0.2, -0.15) is 0 Å². The zero-order chi connectivity index (χ0) is 22.6. The number of amides is 2. The summed E-state index contributed by atoms with van der Waals surface area (Å²) in [4.78, 5) is 30.1. The van der Waals surface area contributed by atoms with E-state index in [1.54, 1.807) is 18.2 Å². The van der Waals surface area contributed by atoms with Gasteiger partial charge in [-0.25, -0.2) is 9.78 Å². The van der Waals surface area contributed by atoms with Crippen LogP contribution in [0.4, 0.5) is 10.5 Å². The van der Waals surface area contributed by atoms with Gasteiger partial charge in [0.1, 0.15) is 0 Å². The molecule has 0 aliphatic rings. The standard InChI is InChI=1S/C22H26N4O4S/c1-5-29-13-14-11-26-12-15(31-21(26)24-14)9-10-18(27)25-19-16(22(2,3)4)7-6-8-17(19)30-20(23)28/h6-12H,5,13H2,1-4H3,(H2,23,28)(H,25,27)/b10-9+. The second-order valence-corrected chi connectivity index (χ2v) is 8.91. The fourth-order valence-corrected chi connectivity index (χ4v) is 3.90. The molecular formula is C22H26N4O4S. The number of rotatable bonds is 7. The van der Waals surface area contributed by atoms with Crippen molar-refractivity contribution in [2.75, 3.05) is 11.9 Å². The zero-order valence-electron chi connectivity index (χ0n) is 18.0. The monoisotopic (exact) mass is 442 g/mol. The number of carbonyl (C=O) groups is 2. The third-order valence-corrected chi connectivity index (χ3v) is 5.33. The third kappa shape index (κ3) is 5.71. The second kappa shape index (κ2) is 9.32. The maximum atomic E-state index is 12.6. The number of thiazole rings is 1. The summed E-state index contributed by atoms with van der Waals surface area (Å²) < 4.78 is 12.4. The number of carbonyl (C=O) groups excluding carboxylic acids is 2. The van der Waals surface area contributed by atoms with Gasteiger partial charge in [-0.15, -0.1) is 0 Å². The van der Waals surface area contributed by atoms with Crippen LogP contribution in [0.3, 0.4) is 0 Å². The number of anilines is 1. The highest BCUT2D eigenvalue weighted by Crippen LogP contribution is 2.36. The topological polar surface area (TPSA) is 108 Å². The highest BCUT2D eigenvalue weighted by Gasteiger charge is 2.22. The minimum Gasteiger partial charge on any atom is -0.408 e. The summed E-state index contributed by atoms with van der Waals surface area (Å²) in [5, 5.41) is 2.83. The van der Waals surface area contributed by atoms with Gasteiger partial charge < -0.3 is 20.5 Å². The predicted molar refractivity (Wildman–Crippen MR) is 121 cm³/mol. The van der Waals surface area contributed by atoms with Crippen molar-refractivity contribution >= 4 is 40.1 Å². The average molecular weight is 443 g/mol. The van der Waals surface area contributed by atoms with E-state index in [0.29, 0.717) is 18.9 Å². The van der Waals surface area contributed by atoms with Gasteiger partial charge in [0.15, 0.2) is 10.7 Å². The van der Waals surface area contributed by atoms with Crippen LogP contribution in [0.5, 0.6) is 5.75 Å². The Morgan fingerprint density at radius 2 is 2.06 bits per heavy atom. The van der Waals surface area contributed by atoms with Crippen molar-refractivity contribution in [2.45, 2.75) is 39.7 Å². The molecule has 31 heavy (non-hydrogen) atoms. The van der Waals surface area contributed by atoms with Gasteiger partial charge in [0.25, 0.3) is 0 Å². The first-order valence-electron chi connectivity index (χ1n) is 9.82. The van der Waals surface area contributed by atoms with Gasteiger partial charge in [-0.1, -0.05) is 44.2 Å². The minimum atomic E-state index is -0.942. The fraction of sp³-hybridized carbons (Fsp3) is 0.318. The molecule has 0 fully saturated rings. The molecular weight excluding hydrogens is 416 g/mol. The first kappa shape index (κ1) is 22.5. The molecule has 3 rings (SSSR count). The van der Waals surface area contributed by atoms with E-state index in [-0.39, 0.29) is 17.1 Å². The van der Waals surface area contributed by atoms with Crippen LogP contribution in [0.1, 0.15) is 43.8 Å². The number of aromatic nitrogens is 2. The summed E-state index contributed by atoms with van der Waals surface area (Å²) >= 11 is 1.46. The molecule has 2 heterocycles. The number of primary amides is 1. The van der Waals surface area contributed by atoms with E-state index < -0.39 is 6.09 Å². The van der Waals surface area contributed by atoms with E-state index in [1.807, 2.05) is 50.6 Å². The molecule has 0 bridgehead atoms. The van der Waals surface area contributed by atoms with Crippen molar-refractivity contribution in [1.29, 1.82) is 0 Å². The van der Waals surface area contributed by atoms with Crippen LogP contribution >= 0.6 is 11.3 Å². The van der Waals surface area contributed by atoms with Crippen molar-refractivity contribution in [1.82, 2.24) is 9.38 Å². The quantitative estimate of drug-likeness (QED) is 0.529. The Balaban J connectivity index is 1.78. The lowest BCUT2D eigenvalue weighted by Gasteiger charge is -2.24. The van der Waals surface area contributed by atoms with Crippen LogP contribution in [0, 0.1) is 0 Å². The molecule has 2 amide bonds. The lowest BCUT2D eigenvalue weighted by Crippen LogP contribution is -2.21. The highest BCUT2D eigenvalue weighted by molar-refractivity contribution is 7.17. The van der Waals surface area contributed by atoms with E-state index in [0.717, 1.165) is 21.1 Å². The molecule has 9 heteroatoms. The van der Waals surface area contributed by atoms with E-state index in [2.05, 4.69) is 10.3 Å². The van der Waals surface area contributed by atoms with Crippen LogP contribution in [0.15, 0.2) is 36.7 Å². The molecule has 0 saturated carbocycles. The molecule has 1 aromatic carbocycles. The highest BCUT2D eigenvalue weighted by atomic mass is 32.1. The smallest absolute Gasteiger partial charge is 0.408 e. The van der Waals surface area contributed by atoms with Crippen molar-refractivity contribution in [3.8, 4) is 5.75 Å². The summed E-state index contributed by atoms with van der Waals surface area (Å²) in [7, 11) is 0. The Labute approximate surface area is 184 Å². The summed E-state index contributed by atoms with van der Waals surface area (Å²) in [5.41, 5.74) is 7.00. The Hall–Kier alpha value is -3.17. The molecule has 3 aromatic rings. The Kier molecular flexibility index (Phi) is 6.77. The molecule has 0 saturated heterocycles. The van der Waals surface area contributed by atoms with E-state index >= 15 is 0 Å². The van der Waals surface area contributed by atoms with Crippen LogP contribution in [0.25, 0.3) is 11.0 Å². The van der Waals surface area contributed by atoms with Gasteiger partial charge in [-0.3, -0.25) is 9.20 Å². The van der Waals surface area contributed by atoms with E-state index in [9.17, 15) is 9.59 Å². The van der Waals surface area contributed by atoms with Crippen LogP contribution in [0.2, 0.25) is 0 Å². The lowest BCUT2D eigenvalue weighted by molar-refractivity contribution is -0.111. The number of fused-ring (bicyclic) bond motifs is 1. The van der Waals surface area contributed by atoms with Gasteiger partial charge in [0.2, 0.25) is 5.91 Å². The molecule has 0 spiro atoms. The number of imidazole rings is 1. The lowest BCUT2D eigenvalue weighted by atomic mass is 9.85. The van der Waals surface area contributed by atoms with E-state index in [4.69, 9.17) is 15.2 Å². The SMILES string of the molecule is CCOCc1cn2cc(/C=C/C(=O)Nc3c(OC(N)=O)cccc3C(C)(C)C)sc2n1. The number of nitrogens with zero attached hydrogens (tertiary/aromatic N) is 2. The summed E-state index contributed by atoms with van der Waals surface area (Å²) in [6.45, 7) is 9.06. The van der Waals surface area contributed by atoms with E-state index in [1.165, 1.54) is 17.4 Å². The largest absolute Gasteiger partial charge is 0.410 e. The number of nitrogens with two attached hydrogens (primary N) is 1. The summed E-state index contributed by atoms with van der Waals surface area (Å²) in [5.74, 6) is -0.146. The van der Waals surface area contributed by atoms with Crippen LogP contribution < -0.4 is 15.8 Å². The first-order valence-corrected chi connectivity index (χ1v) is 10.6. The second-order valence-electron chi connectivity index (χ2n) is 7.87. The average Bonchev–Trinajstić information content (AvgIpc) is 3.23. The molecule has 3 N–H and O–H groups in total. The van der Waals surface area contributed by atoms with Crippen molar-refractivity contribution in [2.24, 2.45) is 5.73 Å². The molecule has 164 valence electrons. The maximum absolute atomic E-state index is 12.6. The molecule has 2 aromatic heterocycles. The Morgan fingerprint density at radius 3 is 2.71 bits per heavy atom. The fourth-order valence-electron chi connectivity index (χ4n) is 3.02. The Morgan fingerprint density at radius 1 is 1.29 bits per heavy atom. The molecule has 0 aliphatic carbocycles. The number of hydrogen-bond acceptors (Lipinski definition) is 6. The van der Waals surface area contributed by atoms with Crippen molar-refractivity contribution < 1.29 is 19.1 Å². The molecule has 0 unspecified atom stereocenters. The van der Waals surface area contributed by atoms with Crippen molar-refractivity contribution in [3.05, 3.63) is 52.8 Å². The first-order chi connectivity index (χ1) is 14.7. The van der Waals surface area contributed by atoms with Gasteiger partial charge in [0, 0.05) is 30.0 Å². The van der Waals surface area contributed by atoms with Crippen LogP contribution in [-0.4, -0.2) is 28.0 Å². The van der Waals surface area contributed by atoms with Crippen molar-refractivity contribution in [3.63, 3.8) is 0 Å². The number of ether oxygens (including phenoxy) is 2. The number of para-hydroxylation sites is 1. The molecule has 0 radical (unpaired) electrons. The predicted octanol–water partition coefficient (Wildman–Crippen LogP) is 4.34. The summed E-state index contributed by atoms with van der Waals surface area (Å²) in [6, 6.07) is 5.22. The van der Waals surface area contributed by atoms with Gasteiger partial charge >= 0.3 is 6.09 Å². The zero-order valence-corrected chi connectivity index (χ0v) is 18.8. The van der Waals surface area contributed by atoms with Gasteiger partial charge in [0.05, 0.1) is 18.0 Å². The normalized spacial score (nSPS) is 11.9. The number of benzene rings is 1. The molecule has 0 atom stereocenters. The Bertz CT molecular complexity index is 1090.